The molecule has 1 aliphatic heterocycles. The van der Waals surface area contributed by atoms with Crippen molar-refractivity contribution in [1.82, 2.24) is 4.31 Å². The fraction of sp³-hybridized carbons (Fsp3) is 0.300. The van der Waals surface area contributed by atoms with Gasteiger partial charge in [0.1, 0.15) is 4.90 Å². The van der Waals surface area contributed by atoms with Gasteiger partial charge in [0.15, 0.2) is 0 Å². The van der Waals surface area contributed by atoms with Crippen molar-refractivity contribution in [3.05, 3.63) is 54.1 Å². The van der Waals surface area contributed by atoms with Crippen molar-refractivity contribution in [2.45, 2.75) is 24.2 Å². The minimum Gasteiger partial charge on any atom is -0.326 e. The van der Waals surface area contributed by atoms with Crippen LogP contribution in [0.1, 0.15) is 18.4 Å². The zero-order valence-electron chi connectivity index (χ0n) is 15.8. The van der Waals surface area contributed by atoms with Crippen molar-refractivity contribution in [1.29, 1.82) is 0 Å². The first-order valence-electron chi connectivity index (χ1n) is 8.99. The van der Waals surface area contributed by atoms with Gasteiger partial charge in [-0.25, -0.2) is 12.7 Å². The van der Waals surface area contributed by atoms with E-state index in [0.29, 0.717) is 12.8 Å². The first-order valence-corrected chi connectivity index (χ1v) is 10.4. The van der Waals surface area contributed by atoms with E-state index in [1.807, 2.05) is 24.3 Å². The molecule has 28 heavy (non-hydrogen) atoms. The Kier molecular flexibility index (Phi) is 5.81. The molecule has 0 aliphatic carbocycles. The monoisotopic (exact) mass is 401 g/mol. The molecule has 2 aromatic carbocycles. The third-order valence-electron chi connectivity index (χ3n) is 4.75. The Hall–Kier alpha value is -2.71. The lowest BCUT2D eigenvalue weighted by Crippen LogP contribution is -2.30. The molecule has 0 fully saturated rings. The van der Waals surface area contributed by atoms with Crippen molar-refractivity contribution >= 4 is 33.2 Å². The predicted molar refractivity (Wildman–Crippen MR) is 107 cm³/mol. The largest absolute Gasteiger partial charge is 0.326 e. The average molecular weight is 401 g/mol. The summed E-state index contributed by atoms with van der Waals surface area (Å²) in [5.41, 5.74) is 2.10. The van der Waals surface area contributed by atoms with E-state index in [4.69, 9.17) is 0 Å². The molecule has 0 saturated carbocycles. The van der Waals surface area contributed by atoms with Gasteiger partial charge in [-0.3, -0.25) is 9.59 Å². The number of hydrogen-bond donors (Lipinski definition) is 2. The van der Waals surface area contributed by atoms with Gasteiger partial charge >= 0.3 is 0 Å². The molecular weight excluding hydrogens is 378 g/mol. The Morgan fingerprint density at radius 2 is 1.82 bits per heavy atom. The quantitative estimate of drug-likeness (QED) is 0.777. The number of benzene rings is 2. The maximum atomic E-state index is 12.4. The fourth-order valence-electron chi connectivity index (χ4n) is 3.16. The second kappa shape index (κ2) is 8.12. The molecular formula is C20H23N3O4S. The van der Waals surface area contributed by atoms with E-state index in [9.17, 15) is 18.0 Å². The Bertz CT molecular complexity index is 1000. The molecule has 3 rings (SSSR count). The SMILES string of the molecule is CN(C)S(=O)(=O)c1ccccc1NC(=O)CCC1Cc2ccccc2NC1=O. The molecule has 0 radical (unpaired) electrons. The van der Waals surface area contributed by atoms with Crippen LogP contribution in [0.4, 0.5) is 11.4 Å². The van der Waals surface area contributed by atoms with E-state index in [1.165, 1.54) is 20.2 Å². The number of carbonyl (C=O) groups is 2. The number of hydrogen-bond acceptors (Lipinski definition) is 4. The van der Waals surface area contributed by atoms with Gasteiger partial charge in [-0.05, 0) is 36.6 Å². The van der Waals surface area contributed by atoms with E-state index in [-0.39, 0.29) is 34.7 Å². The number of anilines is 2. The third kappa shape index (κ3) is 4.23. The summed E-state index contributed by atoms with van der Waals surface area (Å²) in [6, 6.07) is 13.9. The highest BCUT2D eigenvalue weighted by Gasteiger charge is 2.27. The van der Waals surface area contributed by atoms with Gasteiger partial charge in [0, 0.05) is 32.1 Å². The van der Waals surface area contributed by atoms with E-state index in [2.05, 4.69) is 10.6 Å². The van der Waals surface area contributed by atoms with E-state index in [1.54, 1.807) is 18.2 Å². The standard InChI is InChI=1S/C20H23N3O4S/c1-23(2)28(26,27)18-10-6-5-9-17(18)21-19(24)12-11-15-13-14-7-3-4-8-16(14)22-20(15)25/h3-10,15H,11-13H2,1-2H3,(H,21,24)(H,22,25). The van der Waals surface area contributed by atoms with Gasteiger partial charge in [-0.1, -0.05) is 30.3 Å². The van der Waals surface area contributed by atoms with E-state index in [0.717, 1.165) is 15.6 Å². The molecule has 0 saturated heterocycles. The lowest BCUT2D eigenvalue weighted by Gasteiger charge is -2.24. The number of nitrogens with zero attached hydrogens (tertiary/aromatic N) is 1. The Morgan fingerprint density at radius 1 is 1.14 bits per heavy atom. The van der Waals surface area contributed by atoms with Crippen molar-refractivity contribution in [2.75, 3.05) is 24.7 Å². The van der Waals surface area contributed by atoms with Crippen molar-refractivity contribution < 1.29 is 18.0 Å². The topological polar surface area (TPSA) is 95.6 Å². The molecule has 2 amide bonds. The number of carbonyl (C=O) groups excluding carboxylic acids is 2. The molecule has 1 heterocycles. The van der Waals surface area contributed by atoms with Crippen LogP contribution in [0.25, 0.3) is 0 Å². The maximum absolute atomic E-state index is 12.4. The first-order chi connectivity index (χ1) is 13.3. The minimum atomic E-state index is -3.68. The second-order valence-corrected chi connectivity index (χ2v) is 9.04. The highest BCUT2D eigenvalue weighted by molar-refractivity contribution is 7.89. The third-order valence-corrected chi connectivity index (χ3v) is 6.63. The molecule has 1 aliphatic rings. The Labute approximate surface area is 164 Å². The smallest absolute Gasteiger partial charge is 0.244 e. The number of nitrogens with one attached hydrogen (secondary N) is 2. The van der Waals surface area contributed by atoms with E-state index >= 15 is 0 Å². The van der Waals surface area contributed by atoms with Gasteiger partial charge in [-0.15, -0.1) is 0 Å². The molecule has 1 atom stereocenters. The van der Waals surface area contributed by atoms with Crippen LogP contribution in [-0.2, 0) is 26.0 Å². The zero-order valence-corrected chi connectivity index (χ0v) is 16.6. The second-order valence-electron chi connectivity index (χ2n) is 6.92. The first kappa shape index (κ1) is 20.0. The van der Waals surface area contributed by atoms with Crippen LogP contribution < -0.4 is 10.6 Å². The fourth-order valence-corrected chi connectivity index (χ4v) is 4.20. The predicted octanol–water partition coefficient (Wildman–Crippen LogP) is 2.47. The van der Waals surface area contributed by atoms with Crippen LogP contribution in [0.3, 0.4) is 0 Å². The zero-order chi connectivity index (χ0) is 20.3. The summed E-state index contributed by atoms with van der Waals surface area (Å²) in [5, 5.41) is 5.54. The van der Waals surface area contributed by atoms with Crippen LogP contribution in [-0.4, -0.2) is 38.6 Å². The van der Waals surface area contributed by atoms with Crippen molar-refractivity contribution in [3.63, 3.8) is 0 Å². The van der Waals surface area contributed by atoms with Crippen LogP contribution in [0.15, 0.2) is 53.4 Å². The molecule has 148 valence electrons. The molecule has 7 nitrogen and oxygen atoms in total. The average Bonchev–Trinajstić information content (AvgIpc) is 2.66. The summed E-state index contributed by atoms with van der Waals surface area (Å²) in [7, 11) is -0.800. The van der Waals surface area contributed by atoms with Crippen LogP contribution in [0, 0.1) is 5.92 Å². The van der Waals surface area contributed by atoms with Gasteiger partial charge in [-0.2, -0.15) is 0 Å². The summed E-state index contributed by atoms with van der Waals surface area (Å²) in [4.78, 5) is 24.7. The van der Waals surface area contributed by atoms with Crippen LogP contribution in [0.2, 0.25) is 0 Å². The number of rotatable bonds is 6. The molecule has 2 aromatic rings. The number of sulfonamides is 1. The molecule has 0 bridgehead atoms. The number of para-hydroxylation sites is 2. The summed E-state index contributed by atoms with van der Waals surface area (Å²) < 4.78 is 25.9. The van der Waals surface area contributed by atoms with Crippen molar-refractivity contribution in [3.8, 4) is 0 Å². The maximum Gasteiger partial charge on any atom is 0.244 e. The summed E-state index contributed by atoms with van der Waals surface area (Å²) in [6.07, 6.45) is 1.09. The van der Waals surface area contributed by atoms with Crippen LogP contribution in [0.5, 0.6) is 0 Å². The normalized spacial score (nSPS) is 16.4. The van der Waals surface area contributed by atoms with Gasteiger partial charge in [0.05, 0.1) is 5.69 Å². The van der Waals surface area contributed by atoms with Gasteiger partial charge in [0.25, 0.3) is 0 Å². The molecule has 0 aromatic heterocycles. The summed E-state index contributed by atoms with van der Waals surface area (Å²) >= 11 is 0. The number of fused-ring (bicyclic) bond motifs is 1. The minimum absolute atomic E-state index is 0.0395. The molecule has 1 unspecified atom stereocenters. The Balaban J connectivity index is 1.66. The van der Waals surface area contributed by atoms with Gasteiger partial charge < -0.3 is 10.6 Å². The summed E-state index contributed by atoms with van der Waals surface area (Å²) in [5.74, 6) is -0.712. The van der Waals surface area contributed by atoms with E-state index < -0.39 is 10.0 Å². The highest BCUT2D eigenvalue weighted by Crippen LogP contribution is 2.28. The number of amides is 2. The van der Waals surface area contributed by atoms with Gasteiger partial charge in [0.2, 0.25) is 21.8 Å². The summed E-state index contributed by atoms with van der Waals surface area (Å²) in [6.45, 7) is 0. The lowest BCUT2D eigenvalue weighted by atomic mass is 9.89. The van der Waals surface area contributed by atoms with Crippen LogP contribution >= 0.6 is 0 Å². The molecule has 0 spiro atoms. The molecule has 2 N–H and O–H groups in total. The highest BCUT2D eigenvalue weighted by atomic mass is 32.2. The van der Waals surface area contributed by atoms with Crippen molar-refractivity contribution in [2.24, 2.45) is 5.92 Å². The Morgan fingerprint density at radius 3 is 2.57 bits per heavy atom. The molecule has 8 heteroatoms. The lowest BCUT2D eigenvalue weighted by molar-refractivity contribution is -0.121.